The van der Waals surface area contributed by atoms with Crippen LogP contribution < -0.4 is 10.6 Å². The molecule has 4 amide bonds. The van der Waals surface area contributed by atoms with Gasteiger partial charge in [0.1, 0.15) is 6.04 Å². The maximum atomic E-state index is 13.3. The molecule has 1 aromatic carbocycles. The largest absolute Gasteiger partial charge is 0.310 e. The van der Waals surface area contributed by atoms with Gasteiger partial charge in [-0.1, -0.05) is 39.0 Å². The Labute approximate surface area is 169 Å². The van der Waals surface area contributed by atoms with Gasteiger partial charge in [0.05, 0.1) is 11.1 Å². The molecule has 4 rings (SSSR count). The monoisotopic (exact) mass is 395 g/mol. The van der Waals surface area contributed by atoms with E-state index >= 15 is 0 Å². The molecule has 2 unspecified atom stereocenters. The van der Waals surface area contributed by atoms with Crippen molar-refractivity contribution < 1.29 is 19.2 Å². The second kappa shape index (κ2) is 6.91. The minimum absolute atomic E-state index is 0.0516. The number of imide groups is 2. The predicted octanol–water partition coefficient (Wildman–Crippen LogP) is 1.88. The maximum Gasteiger partial charge on any atom is 0.262 e. The Balaban J connectivity index is 1.70. The highest BCUT2D eigenvalue weighted by molar-refractivity contribution is 6.25. The number of amides is 4. The van der Waals surface area contributed by atoms with E-state index in [1.54, 1.807) is 12.1 Å². The molecule has 7 heteroatoms. The van der Waals surface area contributed by atoms with Crippen LogP contribution in [0.5, 0.6) is 0 Å². The molecule has 29 heavy (non-hydrogen) atoms. The zero-order chi connectivity index (χ0) is 20.9. The molecule has 3 aliphatic heterocycles. The van der Waals surface area contributed by atoms with Crippen molar-refractivity contribution in [2.24, 2.45) is 5.41 Å². The number of benzene rings is 1. The summed E-state index contributed by atoms with van der Waals surface area (Å²) in [4.78, 5) is 51.0. The second-order valence-corrected chi connectivity index (χ2v) is 8.94. The van der Waals surface area contributed by atoms with Gasteiger partial charge in [0.2, 0.25) is 11.8 Å². The lowest BCUT2D eigenvalue weighted by atomic mass is 9.79. The van der Waals surface area contributed by atoms with Gasteiger partial charge >= 0.3 is 0 Å². The number of carbonyl (C=O) groups is 4. The van der Waals surface area contributed by atoms with Gasteiger partial charge in [0.15, 0.2) is 0 Å². The summed E-state index contributed by atoms with van der Waals surface area (Å²) < 4.78 is 0. The Morgan fingerprint density at radius 1 is 1.03 bits per heavy atom. The number of piperidine rings is 1. The molecule has 1 aromatic rings. The number of hydrogen-bond acceptors (Lipinski definition) is 5. The molecule has 0 saturated carbocycles. The molecular weight excluding hydrogens is 370 g/mol. The Kier molecular flexibility index (Phi) is 4.65. The van der Waals surface area contributed by atoms with Crippen molar-refractivity contribution in [1.82, 2.24) is 15.5 Å². The molecule has 0 spiro atoms. The average Bonchev–Trinajstić information content (AvgIpc) is 2.92. The van der Waals surface area contributed by atoms with Gasteiger partial charge in [0.25, 0.3) is 11.8 Å². The third-order valence-electron chi connectivity index (χ3n) is 6.00. The van der Waals surface area contributed by atoms with Gasteiger partial charge in [0, 0.05) is 19.0 Å². The first-order valence-corrected chi connectivity index (χ1v) is 9.96. The van der Waals surface area contributed by atoms with Gasteiger partial charge in [-0.15, -0.1) is 0 Å². The van der Waals surface area contributed by atoms with E-state index in [1.165, 1.54) is 0 Å². The number of nitrogens with zero attached hydrogens (tertiary/aromatic N) is 1. The number of fused-ring (bicyclic) bond motifs is 1. The van der Waals surface area contributed by atoms with Crippen LogP contribution in [0.1, 0.15) is 66.3 Å². The van der Waals surface area contributed by atoms with Gasteiger partial charge in [-0.3, -0.25) is 29.4 Å². The van der Waals surface area contributed by atoms with Crippen LogP contribution in [-0.4, -0.2) is 47.2 Å². The average molecular weight is 395 g/mol. The van der Waals surface area contributed by atoms with Crippen molar-refractivity contribution in [2.75, 3.05) is 6.54 Å². The van der Waals surface area contributed by atoms with Gasteiger partial charge in [-0.2, -0.15) is 0 Å². The highest BCUT2D eigenvalue weighted by Crippen LogP contribution is 2.37. The van der Waals surface area contributed by atoms with E-state index < -0.39 is 23.8 Å². The molecule has 0 aromatic heterocycles. The van der Waals surface area contributed by atoms with Crippen molar-refractivity contribution in [1.29, 1.82) is 0 Å². The highest BCUT2D eigenvalue weighted by Gasteiger charge is 2.46. The lowest BCUT2D eigenvalue weighted by molar-refractivity contribution is -0.136. The Hall–Kier alpha value is -2.80. The molecule has 0 radical (unpaired) electrons. The number of hydrogen-bond donors (Lipinski definition) is 2. The van der Waals surface area contributed by atoms with Crippen molar-refractivity contribution in [2.45, 2.75) is 52.1 Å². The van der Waals surface area contributed by atoms with E-state index in [1.807, 2.05) is 6.07 Å². The minimum Gasteiger partial charge on any atom is -0.310 e. The first-order chi connectivity index (χ1) is 13.7. The number of rotatable bonds is 2. The molecular formula is C22H25N3O4. The molecule has 2 atom stereocenters. The van der Waals surface area contributed by atoms with Crippen LogP contribution in [0.25, 0.3) is 5.57 Å². The third-order valence-corrected chi connectivity index (χ3v) is 6.00. The Morgan fingerprint density at radius 3 is 2.45 bits per heavy atom. The Bertz CT molecular complexity index is 957. The van der Waals surface area contributed by atoms with Crippen LogP contribution in [0.4, 0.5) is 0 Å². The molecule has 3 heterocycles. The summed E-state index contributed by atoms with van der Waals surface area (Å²) >= 11 is 0. The summed E-state index contributed by atoms with van der Waals surface area (Å²) in [5.74, 6) is -1.90. The number of carbonyl (C=O) groups excluding carboxylic acids is 4. The maximum absolute atomic E-state index is 13.3. The van der Waals surface area contributed by atoms with Crippen LogP contribution in [0.3, 0.4) is 0 Å². The van der Waals surface area contributed by atoms with E-state index in [9.17, 15) is 19.2 Å². The van der Waals surface area contributed by atoms with Crippen molar-refractivity contribution in [3.63, 3.8) is 0 Å². The molecule has 0 bridgehead atoms. The summed E-state index contributed by atoms with van der Waals surface area (Å²) in [7, 11) is 0. The summed E-state index contributed by atoms with van der Waals surface area (Å²) in [6.07, 6.45) is 3.08. The molecule has 2 N–H and O–H groups in total. The highest BCUT2D eigenvalue weighted by atomic mass is 16.2. The van der Waals surface area contributed by atoms with Crippen LogP contribution in [-0.2, 0) is 9.59 Å². The van der Waals surface area contributed by atoms with E-state index in [2.05, 4.69) is 37.5 Å². The van der Waals surface area contributed by atoms with E-state index in [-0.39, 0.29) is 30.2 Å². The van der Waals surface area contributed by atoms with Crippen LogP contribution in [0.2, 0.25) is 0 Å². The van der Waals surface area contributed by atoms with E-state index in [4.69, 9.17) is 0 Å². The van der Waals surface area contributed by atoms with Crippen molar-refractivity contribution >= 4 is 29.2 Å². The summed E-state index contributed by atoms with van der Waals surface area (Å²) in [6, 6.07) is 4.58. The van der Waals surface area contributed by atoms with E-state index in [0.29, 0.717) is 17.7 Å². The first kappa shape index (κ1) is 19.5. The van der Waals surface area contributed by atoms with Crippen LogP contribution in [0.15, 0.2) is 24.3 Å². The Morgan fingerprint density at radius 2 is 1.76 bits per heavy atom. The molecule has 0 aliphatic carbocycles. The second-order valence-electron chi connectivity index (χ2n) is 8.94. The zero-order valence-electron chi connectivity index (χ0n) is 16.9. The molecule has 7 nitrogen and oxygen atoms in total. The fourth-order valence-electron chi connectivity index (χ4n) is 4.31. The molecule has 152 valence electrons. The standard InChI is InChI=1S/C22H25N3O4/c1-22(2,3)16-11-12(9-10-23-16)13-5-4-6-14-18(13)21(29)25(20(14)28)15-7-8-17(26)24-19(15)27/h4-6,9,15-16,23H,7-8,10-11H2,1-3H3,(H,24,26,27). The smallest absolute Gasteiger partial charge is 0.262 e. The van der Waals surface area contributed by atoms with Crippen molar-refractivity contribution in [3.8, 4) is 0 Å². The minimum atomic E-state index is -0.947. The lowest BCUT2D eigenvalue weighted by Gasteiger charge is -2.35. The lowest BCUT2D eigenvalue weighted by Crippen LogP contribution is -2.54. The SMILES string of the molecule is CC(C)(C)C1CC(c2cccc3c2C(=O)N(C2CCC(=O)NC2=O)C3=O)=CCN1. The van der Waals surface area contributed by atoms with Crippen LogP contribution >= 0.6 is 0 Å². The molecule has 1 saturated heterocycles. The van der Waals surface area contributed by atoms with Crippen LogP contribution in [0, 0.1) is 5.41 Å². The van der Waals surface area contributed by atoms with Gasteiger partial charge in [-0.25, -0.2) is 0 Å². The van der Waals surface area contributed by atoms with Crippen molar-refractivity contribution in [3.05, 3.63) is 41.0 Å². The third kappa shape index (κ3) is 3.29. The quantitative estimate of drug-likeness (QED) is 0.746. The van der Waals surface area contributed by atoms with E-state index in [0.717, 1.165) is 22.5 Å². The first-order valence-electron chi connectivity index (χ1n) is 9.96. The number of nitrogens with one attached hydrogen (secondary N) is 2. The summed E-state index contributed by atoms with van der Waals surface area (Å²) in [6.45, 7) is 7.20. The predicted molar refractivity (Wildman–Crippen MR) is 107 cm³/mol. The fourth-order valence-corrected chi connectivity index (χ4v) is 4.31. The van der Waals surface area contributed by atoms with Gasteiger partial charge < -0.3 is 5.32 Å². The molecule has 3 aliphatic rings. The summed E-state index contributed by atoms with van der Waals surface area (Å²) in [5.41, 5.74) is 2.53. The van der Waals surface area contributed by atoms with Gasteiger partial charge in [-0.05, 0) is 35.5 Å². The zero-order valence-corrected chi connectivity index (χ0v) is 16.9. The molecule has 1 fully saturated rings. The topological polar surface area (TPSA) is 95.6 Å². The normalized spacial score (nSPS) is 25.1. The fraction of sp³-hybridized carbons (Fsp3) is 0.455. The summed E-state index contributed by atoms with van der Waals surface area (Å²) in [5, 5.41) is 5.72.